The lowest BCUT2D eigenvalue weighted by Gasteiger charge is -2.15. The summed E-state index contributed by atoms with van der Waals surface area (Å²) in [4.78, 5) is 24.7. The Kier molecular flexibility index (Phi) is 7.59. The van der Waals surface area contributed by atoms with Gasteiger partial charge in [-0.3, -0.25) is 14.9 Å². The number of anilines is 2. The van der Waals surface area contributed by atoms with E-state index in [1.54, 1.807) is 30.3 Å². The zero-order valence-corrected chi connectivity index (χ0v) is 19.5. The van der Waals surface area contributed by atoms with E-state index in [4.69, 9.17) is 17.0 Å². The van der Waals surface area contributed by atoms with Crippen LogP contribution in [0.3, 0.4) is 0 Å². The summed E-state index contributed by atoms with van der Waals surface area (Å²) >= 11 is 8.84. The first-order valence-corrected chi connectivity index (χ1v) is 10.9. The second-order valence-electron chi connectivity index (χ2n) is 6.78. The first kappa shape index (κ1) is 22.7. The minimum Gasteiger partial charge on any atom is -0.495 e. The van der Waals surface area contributed by atoms with Gasteiger partial charge in [0.1, 0.15) is 5.75 Å². The predicted octanol–water partition coefficient (Wildman–Crippen LogP) is 5.48. The molecule has 0 saturated heterocycles. The maximum absolute atomic E-state index is 12.9. The fourth-order valence-electron chi connectivity index (χ4n) is 3.11. The van der Waals surface area contributed by atoms with E-state index in [0.717, 1.165) is 17.2 Å². The smallest absolute Gasteiger partial charge is 0.261 e. The molecule has 8 heteroatoms. The standard InChI is InChI=1S/C23H22BrN3O3S/c1-3-7-19(28)25-15-9-6-10-16(13-15)26-23(31)27-22(29)18-12-14-8-4-5-11-17(14)20(24)21(18)30-2/h4-6,8-13H,3,7H2,1-2H3,(H,25,28)(H2,26,27,29,31). The fraction of sp³-hybridized carbons (Fsp3) is 0.174. The number of nitrogens with one attached hydrogen (secondary N) is 3. The van der Waals surface area contributed by atoms with Crippen LogP contribution in [0.5, 0.6) is 5.75 Å². The van der Waals surface area contributed by atoms with E-state index in [1.165, 1.54) is 7.11 Å². The van der Waals surface area contributed by atoms with E-state index in [1.807, 2.05) is 31.2 Å². The molecule has 160 valence electrons. The number of hydrogen-bond donors (Lipinski definition) is 3. The lowest BCUT2D eigenvalue weighted by Crippen LogP contribution is -2.34. The molecule has 2 amide bonds. The number of carbonyl (C=O) groups excluding carboxylic acids is 2. The highest BCUT2D eigenvalue weighted by Gasteiger charge is 2.19. The highest BCUT2D eigenvalue weighted by molar-refractivity contribution is 9.10. The molecule has 0 aliphatic carbocycles. The number of benzene rings is 3. The molecule has 0 saturated carbocycles. The topological polar surface area (TPSA) is 79.5 Å². The lowest BCUT2D eigenvalue weighted by atomic mass is 10.1. The molecule has 0 fully saturated rings. The predicted molar refractivity (Wildman–Crippen MR) is 132 cm³/mol. The first-order chi connectivity index (χ1) is 14.9. The number of fused-ring (bicyclic) bond motifs is 1. The van der Waals surface area contributed by atoms with Crippen LogP contribution < -0.4 is 20.7 Å². The van der Waals surface area contributed by atoms with Crippen molar-refractivity contribution in [1.29, 1.82) is 0 Å². The van der Waals surface area contributed by atoms with Gasteiger partial charge >= 0.3 is 0 Å². The minimum atomic E-state index is -0.395. The molecule has 6 nitrogen and oxygen atoms in total. The van der Waals surface area contributed by atoms with Gasteiger partial charge in [0.15, 0.2) is 5.11 Å². The molecule has 0 unspecified atom stereocenters. The quantitative estimate of drug-likeness (QED) is 0.391. The summed E-state index contributed by atoms with van der Waals surface area (Å²) in [6.07, 6.45) is 1.23. The van der Waals surface area contributed by atoms with Gasteiger partial charge in [0.2, 0.25) is 5.91 Å². The second-order valence-corrected chi connectivity index (χ2v) is 7.98. The van der Waals surface area contributed by atoms with Gasteiger partial charge in [0.05, 0.1) is 17.1 Å². The summed E-state index contributed by atoms with van der Waals surface area (Å²) in [7, 11) is 1.51. The Hall–Kier alpha value is -2.97. The summed E-state index contributed by atoms with van der Waals surface area (Å²) < 4.78 is 6.17. The SMILES string of the molecule is CCCC(=O)Nc1cccc(NC(=S)NC(=O)c2cc3ccccc3c(Br)c2OC)c1. The van der Waals surface area contributed by atoms with Crippen molar-refractivity contribution < 1.29 is 14.3 Å². The number of amides is 2. The van der Waals surface area contributed by atoms with E-state index < -0.39 is 5.91 Å². The van der Waals surface area contributed by atoms with E-state index in [0.29, 0.717) is 33.6 Å². The van der Waals surface area contributed by atoms with Crippen LogP contribution >= 0.6 is 28.1 Å². The number of ether oxygens (including phenoxy) is 1. The Balaban J connectivity index is 1.74. The molecule has 0 aliphatic rings. The summed E-state index contributed by atoms with van der Waals surface area (Å²) in [6, 6.07) is 16.6. The Morgan fingerprint density at radius 2 is 1.74 bits per heavy atom. The largest absolute Gasteiger partial charge is 0.495 e. The highest BCUT2D eigenvalue weighted by Crippen LogP contribution is 2.36. The zero-order valence-electron chi connectivity index (χ0n) is 17.1. The van der Waals surface area contributed by atoms with Crippen molar-refractivity contribution in [2.45, 2.75) is 19.8 Å². The molecular weight excluding hydrogens is 478 g/mol. The molecule has 0 bridgehead atoms. The van der Waals surface area contributed by atoms with E-state index in [2.05, 4.69) is 31.9 Å². The van der Waals surface area contributed by atoms with Crippen LogP contribution in [0.1, 0.15) is 30.1 Å². The summed E-state index contributed by atoms with van der Waals surface area (Å²) in [5.41, 5.74) is 1.65. The third-order valence-electron chi connectivity index (χ3n) is 4.50. The summed E-state index contributed by atoms with van der Waals surface area (Å²) in [5, 5.41) is 10.5. The number of carbonyl (C=O) groups is 2. The molecular formula is C23H22BrN3O3S. The number of rotatable bonds is 6. The molecule has 3 aromatic carbocycles. The fourth-order valence-corrected chi connectivity index (χ4v) is 4.06. The average molecular weight is 500 g/mol. The van der Waals surface area contributed by atoms with E-state index in [9.17, 15) is 9.59 Å². The number of hydrogen-bond acceptors (Lipinski definition) is 4. The van der Waals surface area contributed by atoms with Crippen molar-refractivity contribution in [3.63, 3.8) is 0 Å². The maximum atomic E-state index is 12.9. The van der Waals surface area contributed by atoms with Crippen molar-refractivity contribution in [3.8, 4) is 5.75 Å². The van der Waals surface area contributed by atoms with E-state index >= 15 is 0 Å². The molecule has 0 heterocycles. The number of halogens is 1. The maximum Gasteiger partial charge on any atom is 0.261 e. The van der Waals surface area contributed by atoms with Crippen molar-refractivity contribution in [3.05, 3.63) is 64.6 Å². The van der Waals surface area contributed by atoms with Crippen LogP contribution in [0, 0.1) is 0 Å². The monoisotopic (exact) mass is 499 g/mol. The Morgan fingerprint density at radius 1 is 1.03 bits per heavy atom. The number of thiocarbonyl (C=S) groups is 1. The highest BCUT2D eigenvalue weighted by atomic mass is 79.9. The third-order valence-corrected chi connectivity index (χ3v) is 5.49. The summed E-state index contributed by atoms with van der Waals surface area (Å²) in [6.45, 7) is 1.95. The first-order valence-electron chi connectivity index (χ1n) is 9.70. The molecule has 0 aromatic heterocycles. The van der Waals surface area contributed by atoms with Crippen molar-refractivity contribution in [2.75, 3.05) is 17.7 Å². The van der Waals surface area contributed by atoms with Gasteiger partial charge in [0.25, 0.3) is 5.91 Å². The van der Waals surface area contributed by atoms with Crippen LogP contribution in [0.2, 0.25) is 0 Å². The third kappa shape index (κ3) is 5.59. The molecule has 3 aromatic rings. The van der Waals surface area contributed by atoms with Gasteiger partial charge in [-0.25, -0.2) is 0 Å². The Bertz CT molecular complexity index is 1150. The second kappa shape index (κ2) is 10.4. The zero-order chi connectivity index (χ0) is 22.4. The van der Waals surface area contributed by atoms with Crippen molar-refractivity contribution >= 4 is 67.2 Å². The lowest BCUT2D eigenvalue weighted by molar-refractivity contribution is -0.116. The number of methoxy groups -OCH3 is 1. The van der Waals surface area contributed by atoms with Gasteiger partial charge in [-0.1, -0.05) is 37.3 Å². The summed E-state index contributed by atoms with van der Waals surface area (Å²) in [5.74, 6) is -0.0163. The van der Waals surface area contributed by atoms with Crippen molar-refractivity contribution in [1.82, 2.24) is 5.32 Å². The van der Waals surface area contributed by atoms with E-state index in [-0.39, 0.29) is 11.0 Å². The Morgan fingerprint density at radius 3 is 2.45 bits per heavy atom. The van der Waals surface area contributed by atoms with Gasteiger partial charge in [0, 0.05) is 17.8 Å². The Labute approximate surface area is 194 Å². The van der Waals surface area contributed by atoms with Gasteiger partial charge in [-0.05, 0) is 69.6 Å². The molecule has 3 rings (SSSR count). The van der Waals surface area contributed by atoms with Crippen LogP contribution in [0.4, 0.5) is 11.4 Å². The molecule has 0 radical (unpaired) electrons. The van der Waals surface area contributed by atoms with Crippen LogP contribution in [0.25, 0.3) is 10.8 Å². The molecule has 31 heavy (non-hydrogen) atoms. The van der Waals surface area contributed by atoms with Crippen LogP contribution in [-0.4, -0.2) is 24.0 Å². The average Bonchev–Trinajstić information content (AvgIpc) is 2.74. The van der Waals surface area contributed by atoms with Gasteiger partial charge in [-0.2, -0.15) is 0 Å². The molecule has 0 atom stereocenters. The van der Waals surface area contributed by atoms with Gasteiger partial charge < -0.3 is 15.4 Å². The van der Waals surface area contributed by atoms with Crippen molar-refractivity contribution in [2.24, 2.45) is 0 Å². The van der Waals surface area contributed by atoms with Crippen LogP contribution in [0.15, 0.2) is 59.1 Å². The van der Waals surface area contributed by atoms with Gasteiger partial charge in [-0.15, -0.1) is 0 Å². The minimum absolute atomic E-state index is 0.0514. The molecule has 3 N–H and O–H groups in total. The molecule has 0 aliphatic heterocycles. The normalized spacial score (nSPS) is 10.4. The molecule has 0 spiro atoms. The van der Waals surface area contributed by atoms with Crippen LogP contribution in [-0.2, 0) is 4.79 Å².